The third-order valence-corrected chi connectivity index (χ3v) is 5.79. The van der Waals surface area contributed by atoms with Crippen LogP contribution in [0.2, 0.25) is 0 Å². The Kier molecular flexibility index (Phi) is 3.67. The van der Waals surface area contributed by atoms with Gasteiger partial charge in [-0.3, -0.25) is 0 Å². The summed E-state index contributed by atoms with van der Waals surface area (Å²) < 4.78 is 24.7. The molecule has 1 aliphatic carbocycles. The Morgan fingerprint density at radius 3 is 2.37 bits per heavy atom. The molecule has 1 fully saturated rings. The fourth-order valence-electron chi connectivity index (χ4n) is 2.46. The van der Waals surface area contributed by atoms with E-state index >= 15 is 0 Å². The van der Waals surface area contributed by atoms with E-state index in [0.717, 1.165) is 19.3 Å². The van der Waals surface area contributed by atoms with Gasteiger partial charge < -0.3 is 5.11 Å². The van der Waals surface area contributed by atoms with Gasteiger partial charge in [0.1, 0.15) is 0 Å². The highest BCUT2D eigenvalue weighted by molar-refractivity contribution is 7.91. The number of hydrogen-bond acceptors (Lipinski definition) is 3. The van der Waals surface area contributed by atoms with Crippen LogP contribution in [0.5, 0.6) is 0 Å². The first-order chi connectivity index (χ1) is 8.81. The van der Waals surface area contributed by atoms with Gasteiger partial charge in [-0.05, 0) is 49.8 Å². The fourth-order valence-corrected chi connectivity index (χ4v) is 4.44. The predicted octanol–water partition coefficient (Wildman–Crippen LogP) is 2.58. The molecular weight excluding hydrogens is 264 g/mol. The van der Waals surface area contributed by atoms with Crippen molar-refractivity contribution in [2.24, 2.45) is 5.92 Å². The summed E-state index contributed by atoms with van der Waals surface area (Å²) >= 11 is 0. The van der Waals surface area contributed by atoms with Crippen molar-refractivity contribution >= 4 is 15.8 Å². The Morgan fingerprint density at radius 1 is 1.26 bits per heavy atom. The van der Waals surface area contributed by atoms with E-state index in [4.69, 9.17) is 5.11 Å². The number of aryl methyl sites for hydroxylation is 2. The number of hydrogen-bond donors (Lipinski definition) is 1. The second-order valence-corrected chi connectivity index (χ2v) is 7.32. The molecule has 1 saturated carbocycles. The number of sulfone groups is 1. The van der Waals surface area contributed by atoms with Gasteiger partial charge in [0.15, 0.2) is 9.84 Å². The smallest absolute Gasteiger partial charge is 0.335 e. The number of carboxylic acid groups (broad SMARTS) is 1. The highest BCUT2D eigenvalue weighted by Gasteiger charge is 2.27. The summed E-state index contributed by atoms with van der Waals surface area (Å²) in [6.45, 7) is 3.39. The van der Waals surface area contributed by atoms with Gasteiger partial charge in [0.2, 0.25) is 0 Å². The van der Waals surface area contributed by atoms with E-state index in [9.17, 15) is 13.2 Å². The van der Waals surface area contributed by atoms with Crippen LogP contribution in [-0.4, -0.2) is 25.2 Å². The minimum atomic E-state index is -3.39. The van der Waals surface area contributed by atoms with Crippen molar-refractivity contribution in [2.45, 2.75) is 38.0 Å². The molecule has 0 atom stereocenters. The molecule has 0 radical (unpaired) electrons. The number of carboxylic acids is 1. The number of benzene rings is 1. The maximum absolute atomic E-state index is 12.3. The van der Waals surface area contributed by atoms with Gasteiger partial charge in [0, 0.05) is 0 Å². The lowest BCUT2D eigenvalue weighted by Crippen LogP contribution is -2.23. The van der Waals surface area contributed by atoms with Crippen LogP contribution in [0, 0.1) is 19.8 Å². The highest BCUT2D eigenvalue weighted by atomic mass is 32.2. The first-order valence-corrected chi connectivity index (χ1v) is 8.04. The van der Waals surface area contributed by atoms with E-state index in [-0.39, 0.29) is 22.1 Å². The van der Waals surface area contributed by atoms with E-state index < -0.39 is 15.8 Å². The lowest BCUT2D eigenvalue weighted by molar-refractivity contribution is 0.0696. The quantitative estimate of drug-likeness (QED) is 0.921. The van der Waals surface area contributed by atoms with E-state index in [1.165, 1.54) is 6.07 Å². The van der Waals surface area contributed by atoms with Crippen LogP contribution in [0.15, 0.2) is 17.0 Å². The van der Waals surface area contributed by atoms with Crippen molar-refractivity contribution < 1.29 is 18.3 Å². The summed E-state index contributed by atoms with van der Waals surface area (Å²) in [7, 11) is -3.39. The van der Waals surface area contributed by atoms with Crippen molar-refractivity contribution in [3.8, 4) is 0 Å². The Bertz CT molecular complexity index is 613. The maximum Gasteiger partial charge on any atom is 0.335 e. The number of rotatable bonds is 4. The Morgan fingerprint density at radius 2 is 1.89 bits per heavy atom. The van der Waals surface area contributed by atoms with Gasteiger partial charge in [-0.1, -0.05) is 12.5 Å². The average molecular weight is 282 g/mol. The molecule has 0 heterocycles. The van der Waals surface area contributed by atoms with Crippen molar-refractivity contribution in [2.75, 3.05) is 5.75 Å². The zero-order chi connectivity index (χ0) is 14.2. The monoisotopic (exact) mass is 282 g/mol. The van der Waals surface area contributed by atoms with Crippen LogP contribution in [0.4, 0.5) is 0 Å². The molecule has 1 aliphatic rings. The minimum Gasteiger partial charge on any atom is -0.478 e. The molecule has 1 aromatic carbocycles. The number of carbonyl (C=O) groups is 1. The van der Waals surface area contributed by atoms with E-state index in [0.29, 0.717) is 11.1 Å². The van der Waals surface area contributed by atoms with Crippen molar-refractivity contribution in [3.63, 3.8) is 0 Å². The molecule has 0 spiro atoms. The Balaban J connectivity index is 2.43. The molecule has 104 valence electrons. The third kappa shape index (κ3) is 2.81. The van der Waals surface area contributed by atoms with E-state index in [1.54, 1.807) is 19.9 Å². The molecule has 0 aliphatic heterocycles. The molecule has 0 aromatic heterocycles. The standard InChI is InChI=1S/C14H18O4S/c1-9-6-10(2)13(7-12(9)14(15)16)19(17,18)8-11-4-3-5-11/h6-7,11H,3-5,8H2,1-2H3,(H,15,16). The fraction of sp³-hybridized carbons (Fsp3) is 0.500. The molecule has 2 rings (SSSR count). The predicted molar refractivity (Wildman–Crippen MR) is 72.3 cm³/mol. The SMILES string of the molecule is Cc1cc(C)c(S(=O)(=O)CC2CCC2)cc1C(=O)O. The van der Waals surface area contributed by atoms with Crippen LogP contribution >= 0.6 is 0 Å². The van der Waals surface area contributed by atoms with Gasteiger partial charge >= 0.3 is 5.97 Å². The minimum absolute atomic E-state index is 0.0674. The van der Waals surface area contributed by atoms with Gasteiger partial charge in [-0.15, -0.1) is 0 Å². The molecule has 1 aromatic rings. The molecular formula is C14H18O4S. The summed E-state index contributed by atoms with van der Waals surface area (Å²) in [6, 6.07) is 2.94. The van der Waals surface area contributed by atoms with Crippen LogP contribution < -0.4 is 0 Å². The zero-order valence-corrected chi connectivity index (χ0v) is 12.0. The third-order valence-electron chi connectivity index (χ3n) is 3.77. The first-order valence-electron chi connectivity index (χ1n) is 6.38. The summed E-state index contributed by atoms with van der Waals surface area (Å²) in [5.41, 5.74) is 1.28. The molecule has 0 unspecified atom stereocenters. The molecule has 5 heteroatoms. The van der Waals surface area contributed by atoms with Gasteiger partial charge in [0.05, 0.1) is 16.2 Å². The molecule has 19 heavy (non-hydrogen) atoms. The molecule has 1 N–H and O–H groups in total. The average Bonchev–Trinajstić information content (AvgIpc) is 2.22. The van der Waals surface area contributed by atoms with Gasteiger partial charge in [-0.2, -0.15) is 0 Å². The first kappa shape index (κ1) is 14.1. The number of aromatic carboxylic acids is 1. The largest absolute Gasteiger partial charge is 0.478 e. The van der Waals surface area contributed by atoms with Gasteiger partial charge in [0.25, 0.3) is 0 Å². The van der Waals surface area contributed by atoms with Crippen LogP contribution in [0.3, 0.4) is 0 Å². The molecule has 0 saturated heterocycles. The summed E-state index contributed by atoms with van der Waals surface area (Å²) in [4.78, 5) is 11.3. The van der Waals surface area contributed by atoms with Gasteiger partial charge in [-0.25, -0.2) is 13.2 Å². The normalized spacial score (nSPS) is 16.1. The Labute approximate surface area is 113 Å². The summed E-state index contributed by atoms with van der Waals surface area (Å²) in [5, 5.41) is 9.09. The maximum atomic E-state index is 12.3. The zero-order valence-electron chi connectivity index (χ0n) is 11.1. The lowest BCUT2D eigenvalue weighted by atomic mass is 9.87. The highest BCUT2D eigenvalue weighted by Crippen LogP contribution is 2.31. The second-order valence-electron chi connectivity index (χ2n) is 5.32. The van der Waals surface area contributed by atoms with Crippen LogP contribution in [0.25, 0.3) is 0 Å². The topological polar surface area (TPSA) is 71.4 Å². The second kappa shape index (κ2) is 4.96. The van der Waals surface area contributed by atoms with Crippen molar-refractivity contribution in [1.82, 2.24) is 0 Å². The van der Waals surface area contributed by atoms with E-state index in [1.807, 2.05) is 0 Å². The molecule has 4 nitrogen and oxygen atoms in total. The lowest BCUT2D eigenvalue weighted by Gasteiger charge is -2.25. The van der Waals surface area contributed by atoms with Crippen molar-refractivity contribution in [1.29, 1.82) is 0 Å². The summed E-state index contributed by atoms with van der Waals surface area (Å²) in [6.07, 6.45) is 3.00. The van der Waals surface area contributed by atoms with Crippen LogP contribution in [0.1, 0.15) is 40.7 Å². The van der Waals surface area contributed by atoms with Crippen LogP contribution in [-0.2, 0) is 9.84 Å². The molecule has 0 bridgehead atoms. The summed E-state index contributed by atoms with van der Waals surface area (Å²) in [5.74, 6) is -0.716. The van der Waals surface area contributed by atoms with Crippen molar-refractivity contribution in [3.05, 3.63) is 28.8 Å². The van der Waals surface area contributed by atoms with E-state index in [2.05, 4.69) is 0 Å². The Hall–Kier alpha value is -1.36. The molecule has 0 amide bonds.